The molecular weight excluding hydrogens is 115 g/mol. The summed E-state index contributed by atoms with van der Waals surface area (Å²) in [5.41, 5.74) is 0. The quantitative estimate of drug-likeness (QED) is 0.157. The van der Waals surface area contributed by atoms with Gasteiger partial charge < -0.3 is 13.5 Å². The minimum Gasteiger partial charge on any atom is -0.569 e. The Bertz CT molecular complexity index is 31.8. The van der Waals surface area contributed by atoms with Crippen LogP contribution in [0, 0.1) is 7.11 Å². The number of aliphatic hydroxyl groups is 1. The van der Waals surface area contributed by atoms with Crippen LogP contribution >= 0.6 is 0 Å². The van der Waals surface area contributed by atoms with Gasteiger partial charge in [0.25, 0.3) is 0 Å². The van der Waals surface area contributed by atoms with Crippen LogP contribution in [-0.4, -0.2) is 5.11 Å². The molecule has 0 heterocycles. The Hall–Kier alpha value is 0.910. The predicted molar refractivity (Wildman–Crippen MR) is 17.4 cm³/mol. The second-order valence-electron chi connectivity index (χ2n) is 0.0745. The molecule has 3 nitrogen and oxygen atoms in total. The normalized spacial score (nSPS) is 3.67. The van der Waals surface area contributed by atoms with Gasteiger partial charge in [-0.25, -0.2) is 7.11 Å². The number of aliphatic hydroxyl groups excluding tert-OH is 1. The zero-order chi connectivity index (χ0) is 4.71. The summed E-state index contributed by atoms with van der Waals surface area (Å²) in [7, 11) is 2.25. The van der Waals surface area contributed by atoms with E-state index in [1.165, 1.54) is 0 Å². The fourth-order valence-corrected chi connectivity index (χ4v) is 0. The molecule has 0 aromatic heterocycles. The molecule has 0 radical (unpaired) electrons. The maximum absolute atomic E-state index is 8.35. The Morgan fingerprint density at radius 1 is 1.33 bits per heavy atom. The van der Waals surface area contributed by atoms with Crippen molar-refractivity contribution in [1.82, 2.24) is 0 Å². The fraction of sp³-hybridized carbons (Fsp3) is 0. The van der Waals surface area contributed by atoms with Crippen molar-refractivity contribution in [3.8, 4) is 0 Å². The molecule has 0 spiro atoms. The maximum atomic E-state index is 8.35. The second kappa shape index (κ2) is 39.1. The summed E-state index contributed by atoms with van der Waals surface area (Å²) in [6, 6.07) is 0. The van der Waals surface area contributed by atoms with Crippen molar-refractivity contribution in [2.24, 2.45) is 0 Å². The molecule has 0 amide bonds. The first-order chi connectivity index (χ1) is 2.41. The first-order valence-electron chi connectivity index (χ1n) is 0.681. The fourth-order valence-electron chi connectivity index (χ4n) is 0. The van der Waals surface area contributed by atoms with Gasteiger partial charge in [0.15, 0.2) is 0 Å². The molecule has 0 unspecified atom stereocenters. The van der Waals surface area contributed by atoms with Crippen LogP contribution < -0.4 is 29.6 Å². The van der Waals surface area contributed by atoms with Gasteiger partial charge in [-0.05, 0) is 0 Å². The van der Waals surface area contributed by atoms with Crippen molar-refractivity contribution in [3.63, 3.8) is 0 Å². The van der Waals surface area contributed by atoms with Crippen molar-refractivity contribution in [2.45, 2.75) is 0 Å². The number of rotatable bonds is 0. The van der Waals surface area contributed by atoms with E-state index in [9.17, 15) is 0 Å². The van der Waals surface area contributed by atoms with Gasteiger partial charge in [-0.15, -0.1) is 0 Å². The van der Waals surface area contributed by atoms with Gasteiger partial charge in [-0.3, -0.25) is 0 Å². The molecule has 0 aliphatic heterocycles. The van der Waals surface area contributed by atoms with Gasteiger partial charge >= 0.3 is 29.6 Å². The van der Waals surface area contributed by atoms with Crippen LogP contribution in [0.4, 0.5) is 0 Å². The Labute approximate surface area is 61.6 Å². The minimum absolute atomic E-state index is 0. The van der Waals surface area contributed by atoms with Crippen molar-refractivity contribution in [2.75, 3.05) is 0 Å². The number of thiol groups is 1. The molecule has 34 valence electrons. The molecule has 0 saturated heterocycles. The number of hydrogen-bond acceptors (Lipinski definition) is 4. The summed E-state index contributed by atoms with van der Waals surface area (Å²) in [4.78, 5) is 0. The van der Waals surface area contributed by atoms with Gasteiger partial charge in [0.1, 0.15) is 0 Å². The minimum atomic E-state index is -1.08. The smallest absolute Gasteiger partial charge is 0.569 e. The molecule has 0 aliphatic rings. The van der Waals surface area contributed by atoms with Gasteiger partial charge in [-0.2, -0.15) is 0 Å². The first kappa shape index (κ1) is 15.8. The van der Waals surface area contributed by atoms with Gasteiger partial charge in [0.2, 0.25) is 0 Å². The Morgan fingerprint density at radius 3 is 1.33 bits per heavy atom. The third-order valence-corrected chi connectivity index (χ3v) is 0. The Kier molecular flexibility index (Phi) is 103. The number of hydrogen-bond donors (Lipinski definition) is 1. The van der Waals surface area contributed by atoms with E-state index in [4.69, 9.17) is 13.5 Å². The molecule has 0 atom stereocenters. The van der Waals surface area contributed by atoms with E-state index < -0.39 is 11.6 Å². The van der Waals surface area contributed by atoms with Crippen molar-refractivity contribution >= 4 is 11.6 Å². The van der Waals surface area contributed by atoms with E-state index >= 15 is 0 Å². The third-order valence-electron chi connectivity index (χ3n) is 0. The molecule has 5 heteroatoms. The van der Waals surface area contributed by atoms with Crippen molar-refractivity contribution in [1.29, 1.82) is 0 Å². The van der Waals surface area contributed by atoms with E-state index in [0.29, 0.717) is 0 Å². The van der Waals surface area contributed by atoms with Gasteiger partial charge in [0.05, 0.1) is 0 Å². The first-order valence-corrected chi connectivity index (χ1v) is 1.41. The summed E-state index contributed by atoms with van der Waals surface area (Å²) in [5, 5.41) is 6.75. The molecule has 6 heavy (non-hydrogen) atoms. The molecule has 0 rings (SSSR count). The van der Waals surface area contributed by atoms with Crippen LogP contribution in [0.3, 0.4) is 0 Å². The molecule has 0 aliphatic carbocycles. The zero-order valence-electron chi connectivity index (χ0n) is 3.42. The van der Waals surface area contributed by atoms with Crippen LogP contribution in [0.15, 0.2) is 0 Å². The van der Waals surface area contributed by atoms with Crippen LogP contribution in [-0.2, 0) is 20.0 Å². The molecule has 0 fully saturated rings. The zero-order valence-corrected chi connectivity index (χ0v) is 6.31. The third kappa shape index (κ3) is 90.6. The molecular formula is CH4NaO3S-. The molecule has 0 saturated carbocycles. The van der Waals surface area contributed by atoms with E-state index in [-0.39, 0.29) is 29.6 Å². The molecule has 1 N–H and O–H groups in total. The second-order valence-corrected chi connectivity index (χ2v) is 0.224. The maximum Gasteiger partial charge on any atom is 1.00 e. The van der Waals surface area contributed by atoms with Crippen LogP contribution in [0.25, 0.3) is 0 Å². The van der Waals surface area contributed by atoms with Gasteiger partial charge in [0, 0.05) is 0 Å². The standard InChI is InChI=1S/CH3O.Na.HO2S/c1-2;;1-3-2/h2H,1H2;;3H/q-1;+1;-1. The monoisotopic (exact) mass is 119 g/mol. The molecule has 0 aromatic carbocycles. The summed E-state index contributed by atoms with van der Waals surface area (Å²) in [6.07, 6.45) is 0. The summed E-state index contributed by atoms with van der Waals surface area (Å²) in [6.45, 7) is 0. The predicted octanol–water partition coefficient (Wildman–Crippen LogP) is -3.35. The van der Waals surface area contributed by atoms with Crippen LogP contribution in [0.5, 0.6) is 0 Å². The largest absolute Gasteiger partial charge is 1.00 e. The van der Waals surface area contributed by atoms with E-state index in [1.807, 2.05) is 0 Å². The van der Waals surface area contributed by atoms with E-state index in [0.717, 1.165) is 0 Å². The average Bonchev–Trinajstić information content (AvgIpc) is 1.46. The topological polar surface area (TPSA) is 54.4 Å². The Balaban J connectivity index is -0.0000000275. The van der Waals surface area contributed by atoms with Crippen LogP contribution in [0.2, 0.25) is 0 Å². The van der Waals surface area contributed by atoms with E-state index in [1.54, 1.807) is 0 Å². The average molecular weight is 119 g/mol. The van der Waals surface area contributed by atoms with Crippen molar-refractivity contribution in [3.05, 3.63) is 7.11 Å². The van der Waals surface area contributed by atoms with Crippen molar-refractivity contribution < 1.29 is 43.1 Å². The van der Waals surface area contributed by atoms with Gasteiger partial charge in [-0.1, -0.05) is 11.6 Å². The Morgan fingerprint density at radius 2 is 1.33 bits per heavy atom. The summed E-state index contributed by atoms with van der Waals surface area (Å²) >= 11 is -1.08. The van der Waals surface area contributed by atoms with E-state index in [2.05, 4.69) is 7.11 Å². The molecule has 0 bridgehead atoms. The van der Waals surface area contributed by atoms with Crippen LogP contribution in [0.1, 0.15) is 0 Å². The molecule has 0 aromatic rings. The summed E-state index contributed by atoms with van der Waals surface area (Å²) < 4.78 is 16.7. The summed E-state index contributed by atoms with van der Waals surface area (Å²) in [5.74, 6) is 0. The SMILES string of the molecule is O=[SH-]=O.[CH2-]O.[Na+].